The maximum Gasteiger partial charge on any atom is 0.323 e. The van der Waals surface area contributed by atoms with Crippen LogP contribution in [0.25, 0.3) is 0 Å². The Hall–Kier alpha value is -2.44. The van der Waals surface area contributed by atoms with Crippen LogP contribution in [0.1, 0.15) is 18.6 Å². The molecule has 0 aromatic heterocycles. The summed E-state index contributed by atoms with van der Waals surface area (Å²) in [5.41, 5.74) is 0.863. The summed E-state index contributed by atoms with van der Waals surface area (Å²) in [6.45, 7) is 1.49. The van der Waals surface area contributed by atoms with Gasteiger partial charge in [-0.15, -0.1) is 0 Å². The second-order valence-corrected chi connectivity index (χ2v) is 5.31. The van der Waals surface area contributed by atoms with Crippen LogP contribution in [0.3, 0.4) is 0 Å². The van der Waals surface area contributed by atoms with Crippen LogP contribution in [0, 0.1) is 0 Å². The molecule has 0 fully saturated rings. The zero-order valence-electron chi connectivity index (χ0n) is 12.6. The van der Waals surface area contributed by atoms with Gasteiger partial charge in [-0.05, 0) is 31.2 Å². The second kappa shape index (κ2) is 7.21. The highest BCUT2D eigenvalue weighted by molar-refractivity contribution is 6.31. The van der Waals surface area contributed by atoms with Crippen molar-refractivity contribution in [3.05, 3.63) is 47.0 Å². The molecular formula is C16H17ClN2O4. The van der Waals surface area contributed by atoms with E-state index in [4.69, 9.17) is 16.3 Å². The number of carbonyl (C=O) groups is 1. The highest BCUT2D eigenvalue weighted by Crippen LogP contribution is 2.35. The Kier molecular flexibility index (Phi) is 5.31. The Morgan fingerprint density at radius 1 is 1.26 bits per heavy atom. The third-order valence-corrected chi connectivity index (χ3v) is 3.35. The largest absolute Gasteiger partial charge is 0.505 e. The number of phenols is 1. The number of halogens is 1. The number of rotatable bonds is 4. The fraction of sp³-hybridized carbons (Fsp3) is 0.188. The summed E-state index contributed by atoms with van der Waals surface area (Å²) in [5.74, 6) is 0.370. The van der Waals surface area contributed by atoms with Gasteiger partial charge < -0.3 is 25.6 Å². The van der Waals surface area contributed by atoms with Crippen molar-refractivity contribution in [1.29, 1.82) is 0 Å². The van der Waals surface area contributed by atoms with Gasteiger partial charge in [0.1, 0.15) is 11.5 Å². The van der Waals surface area contributed by atoms with Crippen LogP contribution in [-0.2, 0) is 0 Å². The molecule has 0 aliphatic carbocycles. The second-order valence-electron chi connectivity index (χ2n) is 4.88. The number of phenolic OH excluding ortho intramolecular Hbond substituents is 1. The van der Waals surface area contributed by atoms with Gasteiger partial charge in [-0.25, -0.2) is 4.79 Å². The number of nitrogens with one attached hydrogen (secondary N) is 2. The van der Waals surface area contributed by atoms with Crippen LogP contribution in [0.15, 0.2) is 36.4 Å². The number of benzene rings is 2. The number of hydrogen-bond acceptors (Lipinski definition) is 4. The molecule has 23 heavy (non-hydrogen) atoms. The molecule has 1 unspecified atom stereocenters. The number of carbonyl (C=O) groups excluding carboxylic acids is 1. The topological polar surface area (TPSA) is 90.8 Å². The van der Waals surface area contributed by atoms with E-state index < -0.39 is 12.1 Å². The Morgan fingerprint density at radius 2 is 2.00 bits per heavy atom. The lowest BCUT2D eigenvalue weighted by atomic mass is 10.1. The fourth-order valence-electron chi connectivity index (χ4n) is 2.02. The smallest absolute Gasteiger partial charge is 0.323 e. The van der Waals surface area contributed by atoms with E-state index in [1.807, 2.05) is 0 Å². The third kappa shape index (κ3) is 4.28. The minimum atomic E-state index is -0.921. The van der Waals surface area contributed by atoms with Gasteiger partial charge in [0.2, 0.25) is 0 Å². The van der Waals surface area contributed by atoms with E-state index >= 15 is 0 Å². The highest BCUT2D eigenvalue weighted by Gasteiger charge is 2.15. The molecule has 0 spiro atoms. The monoisotopic (exact) mass is 336 g/mol. The molecule has 6 nitrogen and oxygen atoms in total. The minimum Gasteiger partial charge on any atom is -0.505 e. The van der Waals surface area contributed by atoms with Crippen molar-refractivity contribution in [1.82, 2.24) is 0 Å². The normalized spacial score (nSPS) is 11.7. The summed E-state index contributed by atoms with van der Waals surface area (Å²) < 4.78 is 5.07. The third-order valence-electron chi connectivity index (χ3n) is 3.13. The molecule has 2 aromatic carbocycles. The molecule has 0 bridgehead atoms. The Balaban J connectivity index is 2.17. The number of methoxy groups -OCH3 is 1. The molecule has 0 radical (unpaired) electrons. The maximum absolute atomic E-state index is 12.0. The molecular weight excluding hydrogens is 320 g/mol. The predicted molar refractivity (Wildman–Crippen MR) is 89.4 cm³/mol. The van der Waals surface area contributed by atoms with Gasteiger partial charge in [-0.3, -0.25) is 0 Å². The van der Waals surface area contributed by atoms with Crippen molar-refractivity contribution >= 4 is 29.0 Å². The van der Waals surface area contributed by atoms with Gasteiger partial charge in [-0.2, -0.15) is 0 Å². The summed E-state index contributed by atoms with van der Waals surface area (Å²) in [5, 5.41) is 25.1. The molecule has 0 aliphatic heterocycles. The van der Waals surface area contributed by atoms with E-state index in [-0.39, 0.29) is 22.0 Å². The van der Waals surface area contributed by atoms with Crippen LogP contribution in [-0.4, -0.2) is 23.4 Å². The van der Waals surface area contributed by atoms with Crippen molar-refractivity contribution in [3.8, 4) is 11.5 Å². The van der Waals surface area contributed by atoms with Crippen LogP contribution in [0.5, 0.6) is 11.5 Å². The van der Waals surface area contributed by atoms with Crippen molar-refractivity contribution in [2.75, 3.05) is 17.7 Å². The van der Waals surface area contributed by atoms with E-state index in [1.54, 1.807) is 24.3 Å². The Labute approximate surface area is 138 Å². The molecule has 0 saturated heterocycles. The number of anilines is 2. The van der Waals surface area contributed by atoms with Crippen molar-refractivity contribution < 1.29 is 19.7 Å². The van der Waals surface area contributed by atoms with Gasteiger partial charge in [0, 0.05) is 22.3 Å². The SMILES string of the molecule is COc1cccc(NC(=O)Nc2cc(Cl)cc(C(C)O)c2O)c1. The lowest BCUT2D eigenvalue weighted by molar-refractivity contribution is 0.195. The van der Waals surface area contributed by atoms with E-state index in [0.717, 1.165) is 0 Å². The first-order valence-electron chi connectivity index (χ1n) is 6.83. The maximum atomic E-state index is 12.0. The fourth-order valence-corrected chi connectivity index (χ4v) is 2.25. The molecule has 2 amide bonds. The number of aliphatic hydroxyl groups is 1. The Morgan fingerprint density at radius 3 is 2.65 bits per heavy atom. The number of aliphatic hydroxyl groups excluding tert-OH is 1. The minimum absolute atomic E-state index is 0.105. The van der Waals surface area contributed by atoms with Crippen molar-refractivity contribution in [2.45, 2.75) is 13.0 Å². The van der Waals surface area contributed by atoms with Gasteiger partial charge in [0.05, 0.1) is 18.9 Å². The molecule has 0 heterocycles. The first-order valence-corrected chi connectivity index (χ1v) is 7.21. The van der Waals surface area contributed by atoms with Crippen LogP contribution in [0.4, 0.5) is 16.2 Å². The lowest BCUT2D eigenvalue weighted by Gasteiger charge is -2.14. The lowest BCUT2D eigenvalue weighted by Crippen LogP contribution is -2.19. The zero-order valence-corrected chi connectivity index (χ0v) is 13.4. The summed E-state index contributed by atoms with van der Waals surface area (Å²) in [6, 6.07) is 9.10. The first kappa shape index (κ1) is 16.9. The number of aromatic hydroxyl groups is 1. The molecule has 2 rings (SSSR count). The first-order chi connectivity index (χ1) is 10.9. The van der Waals surface area contributed by atoms with Crippen molar-refractivity contribution in [3.63, 3.8) is 0 Å². The van der Waals surface area contributed by atoms with Crippen LogP contribution >= 0.6 is 11.6 Å². The zero-order chi connectivity index (χ0) is 17.0. The number of hydrogen-bond donors (Lipinski definition) is 4. The van der Waals surface area contributed by atoms with E-state index in [0.29, 0.717) is 11.4 Å². The number of amides is 2. The summed E-state index contributed by atoms with van der Waals surface area (Å²) in [7, 11) is 1.53. The molecule has 122 valence electrons. The van der Waals surface area contributed by atoms with Gasteiger partial charge in [0.25, 0.3) is 0 Å². The summed E-state index contributed by atoms with van der Waals surface area (Å²) in [4.78, 5) is 12.0. The molecule has 2 aromatic rings. The molecule has 1 atom stereocenters. The van der Waals surface area contributed by atoms with Crippen LogP contribution < -0.4 is 15.4 Å². The Bertz CT molecular complexity index is 719. The standard InChI is InChI=1S/C16H17ClN2O4/c1-9(20)13-6-10(17)7-14(15(13)21)19-16(22)18-11-4-3-5-12(8-11)23-2/h3-9,20-21H,1-2H3,(H2,18,19,22). The quantitative estimate of drug-likeness (QED) is 0.640. The molecule has 0 saturated carbocycles. The van der Waals surface area contributed by atoms with Gasteiger partial charge in [0.15, 0.2) is 0 Å². The van der Waals surface area contributed by atoms with E-state index in [2.05, 4.69) is 10.6 Å². The summed E-state index contributed by atoms with van der Waals surface area (Å²) >= 11 is 5.94. The average molecular weight is 337 g/mol. The highest BCUT2D eigenvalue weighted by atomic mass is 35.5. The van der Waals surface area contributed by atoms with Crippen LogP contribution in [0.2, 0.25) is 5.02 Å². The average Bonchev–Trinajstić information content (AvgIpc) is 2.50. The molecule has 4 N–H and O–H groups in total. The van der Waals surface area contributed by atoms with E-state index in [9.17, 15) is 15.0 Å². The van der Waals surface area contributed by atoms with E-state index in [1.165, 1.54) is 26.2 Å². The van der Waals surface area contributed by atoms with Gasteiger partial charge in [-0.1, -0.05) is 17.7 Å². The van der Waals surface area contributed by atoms with Gasteiger partial charge >= 0.3 is 6.03 Å². The van der Waals surface area contributed by atoms with Crippen molar-refractivity contribution in [2.24, 2.45) is 0 Å². The predicted octanol–water partition coefficient (Wildman–Crippen LogP) is 3.75. The molecule has 0 aliphatic rings. The number of ether oxygens (including phenoxy) is 1. The number of urea groups is 1. The summed E-state index contributed by atoms with van der Waals surface area (Å²) in [6.07, 6.45) is -0.921. The molecule has 7 heteroatoms.